The fourth-order valence-corrected chi connectivity index (χ4v) is 1.81. The van der Waals surface area contributed by atoms with E-state index in [-0.39, 0.29) is 12.3 Å². The minimum absolute atomic E-state index is 0.137. The first-order valence-electron chi connectivity index (χ1n) is 6.29. The molecule has 0 aliphatic heterocycles. The zero-order valence-electron chi connectivity index (χ0n) is 11.7. The molecule has 110 valence electrons. The molecular weight excluding hydrogens is 290 g/mol. The zero-order chi connectivity index (χ0) is 15.4. The van der Waals surface area contributed by atoms with Crippen LogP contribution in [0.1, 0.15) is 23.0 Å². The molecule has 0 saturated heterocycles. The minimum atomic E-state index is -0.510. The first kappa shape index (κ1) is 15.0. The van der Waals surface area contributed by atoms with E-state index in [1.54, 1.807) is 18.9 Å². The third kappa shape index (κ3) is 3.38. The van der Waals surface area contributed by atoms with Crippen LogP contribution >= 0.6 is 12.2 Å². The number of nitrogens with two attached hydrogens (primary N) is 1. The Kier molecular flexibility index (Phi) is 4.54. The number of rotatable bonds is 5. The maximum atomic E-state index is 11.5. The van der Waals surface area contributed by atoms with E-state index in [4.69, 9.17) is 27.1 Å². The van der Waals surface area contributed by atoms with Gasteiger partial charge >= 0.3 is 12.0 Å². The number of hydrogen-bond donors (Lipinski definition) is 1. The average molecular weight is 305 g/mol. The van der Waals surface area contributed by atoms with Crippen molar-refractivity contribution in [3.8, 4) is 0 Å². The first-order chi connectivity index (χ1) is 10.0. The summed E-state index contributed by atoms with van der Waals surface area (Å²) in [6, 6.07) is 7.58. The molecule has 21 heavy (non-hydrogen) atoms. The van der Waals surface area contributed by atoms with Crippen molar-refractivity contribution in [3.05, 3.63) is 41.8 Å². The number of esters is 1. The Morgan fingerprint density at radius 3 is 2.67 bits per heavy atom. The van der Waals surface area contributed by atoms with Gasteiger partial charge in [-0.2, -0.15) is 4.98 Å². The van der Waals surface area contributed by atoms with Crippen molar-refractivity contribution in [1.29, 1.82) is 0 Å². The van der Waals surface area contributed by atoms with Crippen LogP contribution in [0.4, 0.5) is 11.7 Å². The predicted octanol–water partition coefficient (Wildman–Crippen LogP) is 2.25. The Hall–Kier alpha value is -2.41. The molecule has 0 atom stereocenters. The first-order valence-corrected chi connectivity index (χ1v) is 6.70. The van der Waals surface area contributed by atoms with Gasteiger partial charge in [0.25, 0.3) is 0 Å². The van der Waals surface area contributed by atoms with E-state index in [0.717, 1.165) is 11.3 Å². The number of hydrogen-bond acceptors (Lipinski definition) is 6. The molecule has 0 radical (unpaired) electrons. The molecule has 0 aliphatic carbocycles. The fourth-order valence-electron chi connectivity index (χ4n) is 1.68. The van der Waals surface area contributed by atoms with Gasteiger partial charge in [0, 0.05) is 18.3 Å². The Balaban J connectivity index is 2.18. The summed E-state index contributed by atoms with van der Waals surface area (Å²) in [6.45, 7) is 2.02. The minimum Gasteiger partial charge on any atom is -0.461 e. The molecule has 0 fully saturated rings. The highest BCUT2D eigenvalue weighted by atomic mass is 32.1. The zero-order valence-corrected chi connectivity index (χ0v) is 12.5. The summed E-state index contributed by atoms with van der Waals surface area (Å²) in [5.74, 6) is -0.510. The van der Waals surface area contributed by atoms with Crippen molar-refractivity contribution in [3.63, 3.8) is 0 Å². The number of carbonyl (C=O) groups excluding carboxylic acids is 1. The summed E-state index contributed by atoms with van der Waals surface area (Å²) in [4.78, 5) is 17.7. The second kappa shape index (κ2) is 6.36. The van der Waals surface area contributed by atoms with E-state index in [1.165, 1.54) is 6.26 Å². The molecule has 1 heterocycles. The topological polar surface area (TPSA) is 81.6 Å². The molecule has 0 saturated carbocycles. The van der Waals surface area contributed by atoms with Crippen LogP contribution in [0.5, 0.6) is 0 Å². The van der Waals surface area contributed by atoms with Crippen LogP contribution in [-0.2, 0) is 4.74 Å². The lowest BCUT2D eigenvalue weighted by Crippen LogP contribution is -2.12. The Bertz CT molecular complexity index is 652. The van der Waals surface area contributed by atoms with Gasteiger partial charge in [-0.25, -0.2) is 4.79 Å². The number of oxazole rings is 1. The van der Waals surface area contributed by atoms with Crippen molar-refractivity contribution in [2.75, 3.05) is 18.6 Å². The average Bonchev–Trinajstić information content (AvgIpc) is 2.96. The number of thiocarbonyl (C=S) groups is 1. The van der Waals surface area contributed by atoms with Gasteiger partial charge in [-0.05, 0) is 31.2 Å². The van der Waals surface area contributed by atoms with Crippen LogP contribution in [0.3, 0.4) is 0 Å². The van der Waals surface area contributed by atoms with Gasteiger partial charge in [0.15, 0.2) is 5.69 Å². The van der Waals surface area contributed by atoms with Crippen LogP contribution in [-0.4, -0.2) is 29.6 Å². The van der Waals surface area contributed by atoms with E-state index in [1.807, 2.05) is 24.3 Å². The largest absolute Gasteiger partial charge is 0.461 e. The van der Waals surface area contributed by atoms with Gasteiger partial charge in [0.1, 0.15) is 11.3 Å². The molecule has 2 aromatic rings. The molecule has 0 amide bonds. The molecule has 1 aromatic heterocycles. The highest BCUT2D eigenvalue weighted by molar-refractivity contribution is 7.80. The SMILES string of the molecule is CCOC(=O)c1coc(N(C)c2ccc(C(N)=S)cc2)n1. The third-order valence-electron chi connectivity index (χ3n) is 2.80. The molecule has 6 nitrogen and oxygen atoms in total. The Morgan fingerprint density at radius 1 is 1.43 bits per heavy atom. The van der Waals surface area contributed by atoms with Crippen LogP contribution in [0.2, 0.25) is 0 Å². The van der Waals surface area contributed by atoms with Crippen molar-refractivity contribution >= 4 is 34.9 Å². The summed E-state index contributed by atoms with van der Waals surface area (Å²) in [6.07, 6.45) is 1.27. The van der Waals surface area contributed by atoms with E-state index in [9.17, 15) is 4.79 Å². The van der Waals surface area contributed by atoms with Gasteiger partial charge in [-0.3, -0.25) is 4.90 Å². The maximum absolute atomic E-state index is 11.5. The summed E-state index contributed by atoms with van der Waals surface area (Å²) < 4.78 is 10.2. The summed E-state index contributed by atoms with van der Waals surface area (Å²) >= 11 is 4.90. The standard InChI is InChI=1S/C14H15N3O3S/c1-3-19-13(18)11-8-20-14(16-11)17(2)10-6-4-9(5-7-10)12(15)21/h4-8H,3H2,1-2H3,(H2,15,21). The van der Waals surface area contributed by atoms with Gasteiger partial charge < -0.3 is 14.9 Å². The number of anilines is 2. The predicted molar refractivity (Wildman–Crippen MR) is 82.9 cm³/mol. The van der Waals surface area contributed by atoms with Gasteiger partial charge in [-0.1, -0.05) is 12.2 Å². The second-order valence-electron chi connectivity index (χ2n) is 4.21. The number of carbonyl (C=O) groups is 1. The molecule has 0 aliphatic rings. The van der Waals surface area contributed by atoms with E-state index in [0.29, 0.717) is 11.0 Å². The van der Waals surface area contributed by atoms with Crippen LogP contribution < -0.4 is 10.6 Å². The lowest BCUT2D eigenvalue weighted by atomic mass is 10.2. The van der Waals surface area contributed by atoms with E-state index < -0.39 is 5.97 Å². The van der Waals surface area contributed by atoms with Crippen molar-refractivity contribution in [2.45, 2.75) is 6.92 Å². The fraction of sp³-hybridized carbons (Fsp3) is 0.214. The molecule has 1 aromatic carbocycles. The van der Waals surface area contributed by atoms with Gasteiger partial charge in [-0.15, -0.1) is 0 Å². The number of benzene rings is 1. The highest BCUT2D eigenvalue weighted by Gasteiger charge is 2.16. The smallest absolute Gasteiger partial charge is 0.360 e. The van der Waals surface area contributed by atoms with E-state index in [2.05, 4.69) is 4.98 Å². The summed E-state index contributed by atoms with van der Waals surface area (Å²) in [5, 5.41) is 0. The van der Waals surface area contributed by atoms with Gasteiger partial charge in [0.05, 0.1) is 6.61 Å². The van der Waals surface area contributed by atoms with Crippen LogP contribution in [0.15, 0.2) is 34.9 Å². The molecule has 2 N–H and O–H groups in total. The lowest BCUT2D eigenvalue weighted by Gasteiger charge is -2.14. The Labute approximate surface area is 127 Å². The molecule has 0 unspecified atom stereocenters. The third-order valence-corrected chi connectivity index (χ3v) is 3.04. The van der Waals surface area contributed by atoms with Crippen LogP contribution in [0, 0.1) is 0 Å². The second-order valence-corrected chi connectivity index (χ2v) is 4.65. The molecule has 2 rings (SSSR count). The van der Waals surface area contributed by atoms with Crippen molar-refractivity contribution in [1.82, 2.24) is 4.98 Å². The molecule has 7 heteroatoms. The Morgan fingerprint density at radius 2 is 2.10 bits per heavy atom. The van der Waals surface area contributed by atoms with Crippen LogP contribution in [0.25, 0.3) is 0 Å². The molecule has 0 spiro atoms. The number of aromatic nitrogens is 1. The molecular formula is C14H15N3O3S. The summed E-state index contributed by atoms with van der Waals surface area (Å²) in [5.41, 5.74) is 7.29. The normalized spacial score (nSPS) is 10.2. The highest BCUT2D eigenvalue weighted by Crippen LogP contribution is 2.23. The number of nitrogens with zero attached hydrogens (tertiary/aromatic N) is 2. The maximum Gasteiger partial charge on any atom is 0.360 e. The number of ether oxygens (including phenoxy) is 1. The lowest BCUT2D eigenvalue weighted by molar-refractivity contribution is 0.0519. The van der Waals surface area contributed by atoms with Gasteiger partial charge in [0.2, 0.25) is 0 Å². The van der Waals surface area contributed by atoms with E-state index >= 15 is 0 Å². The quantitative estimate of drug-likeness (QED) is 0.670. The summed E-state index contributed by atoms with van der Waals surface area (Å²) in [7, 11) is 1.77. The van der Waals surface area contributed by atoms with Crippen molar-refractivity contribution < 1.29 is 13.9 Å². The molecule has 0 bridgehead atoms. The monoisotopic (exact) mass is 305 g/mol. The van der Waals surface area contributed by atoms with Crippen molar-refractivity contribution in [2.24, 2.45) is 5.73 Å².